The summed E-state index contributed by atoms with van der Waals surface area (Å²) in [5.41, 5.74) is 4.53. The van der Waals surface area contributed by atoms with Crippen LogP contribution in [0, 0.1) is 0 Å². The summed E-state index contributed by atoms with van der Waals surface area (Å²) in [6.45, 7) is 0.661. The highest BCUT2D eigenvalue weighted by molar-refractivity contribution is 5.90. The first-order chi connectivity index (χ1) is 8.45. The van der Waals surface area contributed by atoms with Gasteiger partial charge in [0.25, 0.3) is 0 Å². The van der Waals surface area contributed by atoms with Crippen LogP contribution in [0.15, 0.2) is 60.7 Å². The fourth-order valence-corrected chi connectivity index (χ4v) is 2.04. The Kier molecular flexibility index (Phi) is 2.54. The molecule has 1 heterocycles. The highest BCUT2D eigenvalue weighted by Crippen LogP contribution is 2.25. The second-order valence-electron chi connectivity index (χ2n) is 3.95. The largest absolute Gasteiger partial charge is 0.364 e. The van der Waals surface area contributed by atoms with Gasteiger partial charge in [0.15, 0.2) is 0 Å². The van der Waals surface area contributed by atoms with Crippen molar-refractivity contribution in [2.45, 2.75) is 0 Å². The summed E-state index contributed by atoms with van der Waals surface area (Å²) in [6, 6.07) is 20.6. The van der Waals surface area contributed by atoms with Gasteiger partial charge in [0.05, 0.1) is 11.4 Å². The maximum absolute atomic E-state index is 4.53. The van der Waals surface area contributed by atoms with E-state index in [1.54, 1.807) is 0 Å². The lowest BCUT2D eigenvalue weighted by Gasteiger charge is -2.06. The van der Waals surface area contributed by atoms with Crippen LogP contribution in [0.25, 0.3) is 11.4 Å². The predicted molar refractivity (Wildman–Crippen MR) is 69.8 cm³/mol. The lowest BCUT2D eigenvalue weighted by molar-refractivity contribution is 0.838. The Labute approximate surface area is 101 Å². The van der Waals surface area contributed by atoms with Crippen LogP contribution in [0.1, 0.15) is 11.1 Å². The van der Waals surface area contributed by atoms with Gasteiger partial charge in [-0.2, -0.15) is 0 Å². The Morgan fingerprint density at radius 3 is 2.00 bits per heavy atom. The summed E-state index contributed by atoms with van der Waals surface area (Å²) in [7, 11) is 0. The molecule has 1 aliphatic heterocycles. The van der Waals surface area contributed by atoms with E-state index in [1.807, 2.05) is 36.4 Å². The monoisotopic (exact) mass is 221 g/mol. The van der Waals surface area contributed by atoms with Crippen molar-refractivity contribution < 1.29 is 0 Å². The maximum Gasteiger partial charge on any atom is 0.108 e. The van der Waals surface area contributed by atoms with Gasteiger partial charge in [-0.05, 0) is 5.56 Å². The van der Waals surface area contributed by atoms with Crippen molar-refractivity contribution in [2.75, 3.05) is 6.67 Å². The second-order valence-corrected chi connectivity index (χ2v) is 3.95. The van der Waals surface area contributed by atoms with Crippen molar-refractivity contribution >= 4 is 11.4 Å². The van der Waals surface area contributed by atoms with Crippen LogP contribution in [-0.4, -0.2) is 6.67 Å². The van der Waals surface area contributed by atoms with Crippen LogP contribution < -0.4 is 10.6 Å². The van der Waals surface area contributed by atoms with E-state index in [1.165, 1.54) is 5.56 Å². The van der Waals surface area contributed by atoms with Crippen molar-refractivity contribution in [3.8, 4) is 0 Å². The second kappa shape index (κ2) is 4.34. The Morgan fingerprint density at radius 2 is 1.35 bits per heavy atom. The number of benzene rings is 2. The molecule has 0 amide bonds. The first-order valence-corrected chi connectivity index (χ1v) is 5.71. The van der Waals surface area contributed by atoms with Gasteiger partial charge < -0.3 is 5.32 Å². The maximum atomic E-state index is 4.53. The summed E-state index contributed by atoms with van der Waals surface area (Å²) < 4.78 is 0. The summed E-state index contributed by atoms with van der Waals surface area (Å²) in [5, 5.41) is 7.87. The van der Waals surface area contributed by atoms with Crippen molar-refractivity contribution in [1.82, 2.24) is 10.6 Å². The van der Waals surface area contributed by atoms with E-state index in [2.05, 4.69) is 34.9 Å². The molecule has 0 atom stereocenters. The van der Waals surface area contributed by atoms with E-state index in [9.17, 15) is 0 Å². The van der Waals surface area contributed by atoms with Gasteiger partial charge in [0, 0.05) is 5.56 Å². The minimum Gasteiger partial charge on any atom is -0.364 e. The zero-order valence-corrected chi connectivity index (χ0v) is 9.43. The highest BCUT2D eigenvalue weighted by Gasteiger charge is 2.17. The molecule has 83 valence electrons. The van der Waals surface area contributed by atoms with Crippen molar-refractivity contribution in [3.63, 3.8) is 0 Å². The molecular weight excluding hydrogens is 208 g/mol. The summed E-state index contributed by atoms with van der Waals surface area (Å²) >= 11 is 0. The zero-order valence-electron chi connectivity index (χ0n) is 9.43. The van der Waals surface area contributed by atoms with Crippen LogP contribution in [0.5, 0.6) is 0 Å². The normalized spacial score (nSPS) is 14.4. The third-order valence-electron chi connectivity index (χ3n) is 2.84. The summed E-state index contributed by atoms with van der Waals surface area (Å²) in [6.07, 6.45) is 0. The van der Waals surface area contributed by atoms with Crippen LogP contribution in [0.3, 0.4) is 0 Å². The zero-order chi connectivity index (χ0) is 11.5. The smallest absolute Gasteiger partial charge is 0.108 e. The average Bonchev–Trinajstić information content (AvgIpc) is 2.90. The van der Waals surface area contributed by atoms with E-state index < -0.39 is 0 Å². The standard InChI is InChI=1S/C15H13N2/c1-3-7-12(8-4-1)14-15(17-11-16-14)13-9-5-2-6-10-13/h1-10,16H,11H2. The number of nitrogens with one attached hydrogen (secondary N) is 1. The van der Waals surface area contributed by atoms with E-state index in [4.69, 9.17) is 0 Å². The van der Waals surface area contributed by atoms with Gasteiger partial charge in [0.1, 0.15) is 6.67 Å². The number of rotatable bonds is 2. The van der Waals surface area contributed by atoms with Crippen molar-refractivity contribution in [3.05, 3.63) is 71.8 Å². The lowest BCUT2D eigenvalue weighted by Crippen LogP contribution is -2.09. The molecular formula is C15H13N2. The fraction of sp³-hybridized carbons (Fsp3) is 0.0667. The average molecular weight is 221 g/mol. The molecule has 2 aromatic carbocycles. The number of hydrogen-bond acceptors (Lipinski definition) is 1. The van der Waals surface area contributed by atoms with Gasteiger partial charge in [-0.15, -0.1) is 0 Å². The highest BCUT2D eigenvalue weighted by atomic mass is 15.1. The Hall–Kier alpha value is -2.22. The Morgan fingerprint density at radius 1 is 0.765 bits per heavy atom. The van der Waals surface area contributed by atoms with Gasteiger partial charge in [-0.25, -0.2) is 0 Å². The molecule has 1 radical (unpaired) electrons. The van der Waals surface area contributed by atoms with Gasteiger partial charge >= 0.3 is 0 Å². The van der Waals surface area contributed by atoms with Crippen LogP contribution in [0.4, 0.5) is 0 Å². The Bertz CT molecular complexity index is 480. The minimum absolute atomic E-state index is 0.661. The molecule has 17 heavy (non-hydrogen) atoms. The number of nitrogens with zero attached hydrogens (tertiary/aromatic N) is 1. The molecule has 2 heteroatoms. The van der Waals surface area contributed by atoms with Gasteiger partial charge in [-0.1, -0.05) is 60.7 Å². The third-order valence-corrected chi connectivity index (χ3v) is 2.84. The molecule has 0 bridgehead atoms. The number of hydrogen-bond donors (Lipinski definition) is 1. The van der Waals surface area contributed by atoms with Gasteiger partial charge in [0.2, 0.25) is 0 Å². The molecule has 0 unspecified atom stereocenters. The van der Waals surface area contributed by atoms with E-state index in [0.717, 1.165) is 17.0 Å². The molecule has 2 nitrogen and oxygen atoms in total. The molecule has 0 saturated carbocycles. The van der Waals surface area contributed by atoms with E-state index in [-0.39, 0.29) is 0 Å². The molecule has 1 N–H and O–H groups in total. The molecule has 0 spiro atoms. The van der Waals surface area contributed by atoms with Gasteiger partial charge in [-0.3, -0.25) is 5.32 Å². The lowest BCUT2D eigenvalue weighted by atomic mass is 10.1. The molecule has 0 aliphatic carbocycles. The molecule has 0 aromatic heterocycles. The predicted octanol–water partition coefficient (Wildman–Crippen LogP) is 2.68. The quantitative estimate of drug-likeness (QED) is 0.829. The SMILES string of the molecule is c1ccc(C2=C(c3ccccc3)NC[N]2)cc1. The molecule has 2 aromatic rings. The minimum atomic E-state index is 0.661. The molecule has 3 rings (SSSR count). The van der Waals surface area contributed by atoms with Crippen LogP contribution >= 0.6 is 0 Å². The van der Waals surface area contributed by atoms with E-state index >= 15 is 0 Å². The Balaban J connectivity index is 2.08. The third kappa shape index (κ3) is 1.89. The molecule has 0 saturated heterocycles. The molecule has 1 aliphatic rings. The fourth-order valence-electron chi connectivity index (χ4n) is 2.04. The van der Waals surface area contributed by atoms with E-state index in [0.29, 0.717) is 6.67 Å². The summed E-state index contributed by atoms with van der Waals surface area (Å²) in [4.78, 5) is 0. The topological polar surface area (TPSA) is 26.1 Å². The molecule has 0 fully saturated rings. The first-order valence-electron chi connectivity index (χ1n) is 5.71. The van der Waals surface area contributed by atoms with Crippen LogP contribution in [-0.2, 0) is 0 Å². The summed E-state index contributed by atoms with van der Waals surface area (Å²) in [5.74, 6) is 0. The van der Waals surface area contributed by atoms with Crippen LogP contribution in [0.2, 0.25) is 0 Å². The van der Waals surface area contributed by atoms with Crippen molar-refractivity contribution in [1.29, 1.82) is 0 Å². The van der Waals surface area contributed by atoms with Crippen molar-refractivity contribution in [2.24, 2.45) is 0 Å². The first kappa shape index (κ1) is 9.97.